The number of benzene rings is 1. The predicted molar refractivity (Wildman–Crippen MR) is 71.0 cm³/mol. The predicted octanol–water partition coefficient (Wildman–Crippen LogP) is 1.67. The van der Waals surface area contributed by atoms with Gasteiger partial charge in [0.05, 0.1) is 18.8 Å². The molecule has 5 nitrogen and oxygen atoms in total. The molecule has 5 heteroatoms. The van der Waals surface area contributed by atoms with Crippen LogP contribution in [0, 0.1) is 0 Å². The number of aldehydes is 1. The molecule has 0 heterocycles. The maximum absolute atomic E-state index is 10.9. The highest BCUT2D eigenvalue weighted by Crippen LogP contribution is 2.24. The van der Waals surface area contributed by atoms with Gasteiger partial charge in [-0.2, -0.15) is 0 Å². The molecule has 1 atom stereocenters. The fraction of sp³-hybridized carbons (Fsp3) is 0.500. The van der Waals surface area contributed by atoms with Crippen molar-refractivity contribution in [2.45, 2.75) is 19.4 Å². The molecule has 0 radical (unpaired) electrons. The first-order chi connectivity index (χ1) is 9.21. The van der Waals surface area contributed by atoms with E-state index in [9.17, 15) is 9.90 Å². The van der Waals surface area contributed by atoms with Crippen LogP contribution in [0.25, 0.3) is 0 Å². The van der Waals surface area contributed by atoms with Crippen LogP contribution in [-0.4, -0.2) is 44.4 Å². The van der Waals surface area contributed by atoms with E-state index in [-0.39, 0.29) is 13.2 Å². The number of hydrogen-bond donors (Lipinski definition) is 1. The van der Waals surface area contributed by atoms with E-state index in [1.54, 1.807) is 18.2 Å². The van der Waals surface area contributed by atoms with E-state index < -0.39 is 6.10 Å². The van der Waals surface area contributed by atoms with E-state index in [1.807, 2.05) is 6.92 Å². The highest BCUT2D eigenvalue weighted by molar-refractivity contribution is 5.79. The summed E-state index contributed by atoms with van der Waals surface area (Å²) >= 11 is 0. The van der Waals surface area contributed by atoms with Crippen molar-refractivity contribution in [1.29, 1.82) is 0 Å². The molecular formula is C14H20O5. The topological polar surface area (TPSA) is 65.0 Å². The van der Waals surface area contributed by atoms with Gasteiger partial charge in [-0.15, -0.1) is 0 Å². The van der Waals surface area contributed by atoms with Crippen molar-refractivity contribution in [1.82, 2.24) is 0 Å². The van der Waals surface area contributed by atoms with E-state index >= 15 is 0 Å². The summed E-state index contributed by atoms with van der Waals surface area (Å²) in [5, 5.41) is 9.52. The van der Waals surface area contributed by atoms with Gasteiger partial charge in [0, 0.05) is 13.2 Å². The smallest absolute Gasteiger partial charge is 0.153 e. The quantitative estimate of drug-likeness (QED) is 0.690. The number of hydrogen-bond acceptors (Lipinski definition) is 5. The normalized spacial score (nSPS) is 11.9. The van der Waals surface area contributed by atoms with E-state index in [2.05, 4.69) is 0 Å². The van der Waals surface area contributed by atoms with Crippen LogP contribution < -0.4 is 9.47 Å². The lowest BCUT2D eigenvalue weighted by molar-refractivity contribution is 0.0323. The molecular weight excluding hydrogens is 248 g/mol. The number of ether oxygens (including phenoxy) is 3. The van der Waals surface area contributed by atoms with Gasteiger partial charge in [0.15, 0.2) is 6.29 Å². The number of aliphatic hydroxyl groups excluding tert-OH is 1. The highest BCUT2D eigenvalue weighted by Gasteiger charge is 2.09. The largest absolute Gasteiger partial charge is 0.493 e. The summed E-state index contributed by atoms with van der Waals surface area (Å²) in [6, 6.07) is 5.01. The summed E-state index contributed by atoms with van der Waals surface area (Å²) in [6.07, 6.45) is 0.879. The van der Waals surface area contributed by atoms with Gasteiger partial charge in [-0.05, 0) is 18.6 Å². The molecule has 1 rings (SSSR count). The third kappa shape index (κ3) is 5.28. The average molecular weight is 268 g/mol. The van der Waals surface area contributed by atoms with Crippen LogP contribution in [0.3, 0.4) is 0 Å². The first kappa shape index (κ1) is 15.5. The van der Waals surface area contributed by atoms with Gasteiger partial charge in [0.2, 0.25) is 0 Å². The Balaban J connectivity index is 2.69. The van der Waals surface area contributed by atoms with Crippen molar-refractivity contribution >= 4 is 6.29 Å². The van der Waals surface area contributed by atoms with Crippen molar-refractivity contribution in [3.05, 3.63) is 23.8 Å². The van der Waals surface area contributed by atoms with Crippen LogP contribution in [0.2, 0.25) is 0 Å². The Hall–Kier alpha value is -1.59. The molecule has 19 heavy (non-hydrogen) atoms. The molecule has 0 aromatic heterocycles. The van der Waals surface area contributed by atoms with Gasteiger partial charge in [-0.3, -0.25) is 4.79 Å². The molecule has 0 aliphatic heterocycles. The average Bonchev–Trinajstić information content (AvgIpc) is 2.43. The van der Waals surface area contributed by atoms with Gasteiger partial charge in [-0.1, -0.05) is 6.92 Å². The van der Waals surface area contributed by atoms with Gasteiger partial charge >= 0.3 is 0 Å². The lowest BCUT2D eigenvalue weighted by Gasteiger charge is -2.14. The molecule has 0 amide bonds. The van der Waals surface area contributed by atoms with Crippen molar-refractivity contribution in [2.24, 2.45) is 0 Å². The third-order valence-corrected chi connectivity index (χ3v) is 2.38. The molecule has 0 saturated carbocycles. The standard InChI is InChI=1S/C14H20O5/c1-3-6-18-13-5-4-11(8-15)14(7-13)19-10-12(16)9-17-2/h4-5,7-8,12,16H,3,6,9-10H2,1-2H3. The van der Waals surface area contributed by atoms with Gasteiger partial charge in [0.1, 0.15) is 24.2 Å². The highest BCUT2D eigenvalue weighted by atomic mass is 16.5. The van der Waals surface area contributed by atoms with Crippen molar-refractivity contribution in [3.8, 4) is 11.5 Å². The Morgan fingerprint density at radius 1 is 1.32 bits per heavy atom. The van der Waals surface area contributed by atoms with Crippen molar-refractivity contribution < 1.29 is 24.1 Å². The number of carbonyl (C=O) groups excluding carboxylic acids is 1. The fourth-order valence-electron chi connectivity index (χ4n) is 1.47. The number of rotatable bonds is 9. The lowest BCUT2D eigenvalue weighted by Crippen LogP contribution is -2.22. The maximum atomic E-state index is 10.9. The zero-order valence-electron chi connectivity index (χ0n) is 11.3. The van der Waals surface area contributed by atoms with Gasteiger partial charge in [-0.25, -0.2) is 0 Å². The molecule has 0 aliphatic rings. The number of aliphatic hydroxyl groups is 1. The SMILES string of the molecule is CCCOc1ccc(C=O)c(OCC(O)COC)c1. The van der Waals surface area contributed by atoms with Crippen LogP contribution >= 0.6 is 0 Å². The third-order valence-electron chi connectivity index (χ3n) is 2.38. The Morgan fingerprint density at radius 3 is 2.74 bits per heavy atom. The molecule has 1 aromatic carbocycles. The summed E-state index contributed by atoms with van der Waals surface area (Å²) < 4.78 is 15.7. The van der Waals surface area contributed by atoms with Crippen LogP contribution in [-0.2, 0) is 4.74 Å². The molecule has 1 unspecified atom stereocenters. The van der Waals surface area contributed by atoms with Gasteiger partial charge < -0.3 is 19.3 Å². The zero-order chi connectivity index (χ0) is 14.1. The minimum absolute atomic E-state index is 0.0614. The minimum atomic E-state index is -0.732. The monoisotopic (exact) mass is 268 g/mol. The zero-order valence-corrected chi connectivity index (χ0v) is 11.3. The van der Waals surface area contributed by atoms with E-state index in [4.69, 9.17) is 14.2 Å². The summed E-state index contributed by atoms with van der Waals surface area (Å²) in [6.45, 7) is 2.86. The molecule has 0 bridgehead atoms. The second-order valence-corrected chi connectivity index (χ2v) is 4.09. The van der Waals surface area contributed by atoms with E-state index in [0.717, 1.165) is 6.42 Å². The lowest BCUT2D eigenvalue weighted by atomic mass is 10.2. The molecule has 106 valence electrons. The Kier molecular flexibility index (Phi) is 6.92. The molecule has 1 aromatic rings. The fourth-order valence-corrected chi connectivity index (χ4v) is 1.47. The molecule has 0 saturated heterocycles. The minimum Gasteiger partial charge on any atom is -0.493 e. The number of carbonyl (C=O) groups is 1. The summed E-state index contributed by atoms with van der Waals surface area (Å²) in [5.41, 5.74) is 0.425. The Bertz CT molecular complexity index is 391. The Morgan fingerprint density at radius 2 is 2.11 bits per heavy atom. The summed E-state index contributed by atoms with van der Waals surface area (Å²) in [5.74, 6) is 1.04. The van der Waals surface area contributed by atoms with Crippen molar-refractivity contribution in [2.75, 3.05) is 26.9 Å². The van der Waals surface area contributed by atoms with Crippen LogP contribution in [0.15, 0.2) is 18.2 Å². The Labute approximate surface area is 113 Å². The van der Waals surface area contributed by atoms with Crippen LogP contribution in [0.4, 0.5) is 0 Å². The second kappa shape index (κ2) is 8.50. The van der Waals surface area contributed by atoms with Crippen LogP contribution in [0.1, 0.15) is 23.7 Å². The van der Waals surface area contributed by atoms with E-state index in [0.29, 0.717) is 30.0 Å². The molecule has 0 aliphatic carbocycles. The summed E-state index contributed by atoms with van der Waals surface area (Å²) in [7, 11) is 1.50. The maximum Gasteiger partial charge on any atom is 0.153 e. The first-order valence-corrected chi connectivity index (χ1v) is 6.23. The van der Waals surface area contributed by atoms with Gasteiger partial charge in [0.25, 0.3) is 0 Å². The second-order valence-electron chi connectivity index (χ2n) is 4.09. The van der Waals surface area contributed by atoms with Crippen LogP contribution in [0.5, 0.6) is 11.5 Å². The molecule has 0 fully saturated rings. The summed E-state index contributed by atoms with van der Waals surface area (Å²) in [4.78, 5) is 10.9. The van der Waals surface area contributed by atoms with E-state index in [1.165, 1.54) is 7.11 Å². The first-order valence-electron chi connectivity index (χ1n) is 6.23. The molecule has 0 spiro atoms. The van der Waals surface area contributed by atoms with Crippen molar-refractivity contribution in [3.63, 3.8) is 0 Å². The molecule has 1 N–H and O–H groups in total. The number of methoxy groups -OCH3 is 1.